The average molecular weight is 395 g/mol. The Bertz CT molecular complexity index is 1040. The van der Waals surface area contributed by atoms with Crippen molar-refractivity contribution in [2.45, 2.75) is 37.5 Å². The lowest BCUT2D eigenvalue weighted by Gasteiger charge is -2.32. The second-order valence-corrected chi connectivity index (χ2v) is 7.15. The minimum Gasteiger partial charge on any atom is -0.364 e. The molecule has 1 fully saturated rings. The molecular weight excluding hydrogens is 373 g/mol. The molecule has 2 aromatic heterocycles. The highest BCUT2D eigenvalue weighted by atomic mass is 19.1. The topological polar surface area (TPSA) is 132 Å². The molecular formula is C20H22FN7O. The number of nitrogens with one attached hydrogen (secondary N) is 2. The molecule has 0 bridgehead atoms. The minimum atomic E-state index is -1.05. The van der Waals surface area contributed by atoms with Crippen molar-refractivity contribution in [2.24, 2.45) is 11.5 Å². The summed E-state index contributed by atoms with van der Waals surface area (Å²) in [5.41, 5.74) is 12.2. The number of anilines is 3. The zero-order chi connectivity index (χ0) is 20.4. The number of primary amides is 1. The van der Waals surface area contributed by atoms with Gasteiger partial charge in [-0.1, -0.05) is 6.07 Å². The molecule has 1 aromatic carbocycles. The van der Waals surface area contributed by atoms with Gasteiger partial charge >= 0.3 is 0 Å². The van der Waals surface area contributed by atoms with Crippen LogP contribution in [0.4, 0.5) is 21.7 Å². The third kappa shape index (κ3) is 4.09. The van der Waals surface area contributed by atoms with Crippen LogP contribution in [0.2, 0.25) is 0 Å². The maximum absolute atomic E-state index is 13.9. The summed E-state index contributed by atoms with van der Waals surface area (Å²) in [5.74, 6) is -0.0798. The number of amides is 1. The van der Waals surface area contributed by atoms with Gasteiger partial charge in [-0.25, -0.2) is 14.4 Å². The number of halogens is 1. The monoisotopic (exact) mass is 395 g/mol. The van der Waals surface area contributed by atoms with Crippen molar-refractivity contribution < 1.29 is 9.18 Å². The largest absolute Gasteiger partial charge is 0.364 e. The lowest BCUT2D eigenvalue weighted by molar-refractivity contribution is 0.0996. The van der Waals surface area contributed by atoms with Crippen LogP contribution in [-0.2, 0) is 0 Å². The van der Waals surface area contributed by atoms with Crippen LogP contribution in [0.3, 0.4) is 0 Å². The second kappa shape index (κ2) is 7.96. The van der Waals surface area contributed by atoms with Gasteiger partial charge in [-0.15, -0.1) is 0 Å². The Labute approximate surface area is 166 Å². The van der Waals surface area contributed by atoms with Crippen LogP contribution in [0, 0.1) is 0 Å². The van der Waals surface area contributed by atoms with Crippen LogP contribution in [0.1, 0.15) is 29.8 Å². The molecule has 9 heteroatoms. The lowest BCUT2D eigenvalue weighted by atomic mass is 9.89. The number of rotatable bonds is 5. The van der Waals surface area contributed by atoms with Gasteiger partial charge < -0.3 is 22.1 Å². The molecule has 0 radical (unpaired) electrons. The molecule has 1 aliphatic carbocycles. The molecule has 1 aliphatic rings. The fourth-order valence-corrected chi connectivity index (χ4v) is 3.55. The third-order valence-electron chi connectivity index (χ3n) is 5.12. The highest BCUT2D eigenvalue weighted by Gasteiger charge is 2.30. The Morgan fingerprint density at radius 2 is 2.03 bits per heavy atom. The maximum Gasteiger partial charge on any atom is 0.271 e. The van der Waals surface area contributed by atoms with Crippen molar-refractivity contribution in [1.82, 2.24) is 15.0 Å². The van der Waals surface area contributed by atoms with E-state index in [4.69, 9.17) is 11.5 Å². The van der Waals surface area contributed by atoms with Gasteiger partial charge in [0.1, 0.15) is 12.0 Å². The van der Waals surface area contributed by atoms with Crippen LogP contribution in [0.25, 0.3) is 10.8 Å². The quantitative estimate of drug-likeness (QED) is 0.522. The average Bonchev–Trinajstić information content (AvgIpc) is 2.71. The Morgan fingerprint density at radius 1 is 1.17 bits per heavy atom. The highest BCUT2D eigenvalue weighted by molar-refractivity contribution is 5.96. The molecule has 0 saturated heterocycles. The number of nitrogens with two attached hydrogens (primary N) is 2. The number of pyridine rings is 1. The first-order valence-corrected chi connectivity index (χ1v) is 9.45. The highest BCUT2D eigenvalue weighted by Crippen LogP contribution is 2.26. The molecule has 4 rings (SSSR count). The van der Waals surface area contributed by atoms with E-state index in [2.05, 4.69) is 25.6 Å². The maximum atomic E-state index is 13.9. The van der Waals surface area contributed by atoms with Gasteiger partial charge in [0.05, 0.1) is 12.2 Å². The SMILES string of the molecule is NC(=O)c1ncc(NC2CCCC(F)C2N)nc1Nc1ccc2cnccc2c1. The molecule has 29 heavy (non-hydrogen) atoms. The molecule has 0 aliphatic heterocycles. The first-order chi connectivity index (χ1) is 14.0. The summed E-state index contributed by atoms with van der Waals surface area (Å²) in [7, 11) is 0. The first-order valence-electron chi connectivity index (χ1n) is 9.45. The Morgan fingerprint density at radius 3 is 2.86 bits per heavy atom. The predicted molar refractivity (Wildman–Crippen MR) is 110 cm³/mol. The van der Waals surface area contributed by atoms with Gasteiger partial charge in [-0.05, 0) is 42.8 Å². The summed E-state index contributed by atoms with van der Waals surface area (Å²) in [4.78, 5) is 24.5. The first kappa shape index (κ1) is 19.0. The van der Waals surface area contributed by atoms with Gasteiger partial charge in [-0.3, -0.25) is 9.78 Å². The molecule has 3 aromatic rings. The van der Waals surface area contributed by atoms with Crippen LogP contribution in [0.15, 0.2) is 42.9 Å². The molecule has 3 unspecified atom stereocenters. The number of alkyl halides is 1. The van der Waals surface area contributed by atoms with Crippen LogP contribution in [-0.4, -0.2) is 39.1 Å². The summed E-state index contributed by atoms with van der Waals surface area (Å²) < 4.78 is 13.9. The molecule has 3 atom stereocenters. The van der Waals surface area contributed by atoms with Crippen LogP contribution < -0.4 is 22.1 Å². The molecule has 8 nitrogen and oxygen atoms in total. The molecule has 0 spiro atoms. The van der Waals surface area contributed by atoms with Crippen molar-refractivity contribution in [3.05, 3.63) is 48.5 Å². The summed E-state index contributed by atoms with van der Waals surface area (Å²) in [5, 5.41) is 8.22. The summed E-state index contributed by atoms with van der Waals surface area (Å²) in [6.07, 6.45) is 5.78. The number of benzene rings is 1. The van der Waals surface area contributed by atoms with E-state index in [1.54, 1.807) is 12.4 Å². The van der Waals surface area contributed by atoms with Gasteiger partial charge in [-0.2, -0.15) is 0 Å². The minimum absolute atomic E-state index is 0.0154. The standard InChI is InChI=1S/C20H22FN7O/c21-14-2-1-3-15(17(14)22)27-16-10-25-18(19(23)29)20(28-16)26-13-5-4-12-9-24-7-6-11(12)8-13/h4-10,14-15,17H,1-3,22H2,(H2,23,29)(H2,26,27,28). The van der Waals surface area contributed by atoms with E-state index < -0.39 is 18.1 Å². The number of carbonyl (C=O) groups excluding carboxylic acids is 1. The van der Waals surface area contributed by atoms with Crippen molar-refractivity contribution in [2.75, 3.05) is 10.6 Å². The molecule has 2 heterocycles. The van der Waals surface area contributed by atoms with Gasteiger partial charge in [0, 0.05) is 29.5 Å². The summed E-state index contributed by atoms with van der Waals surface area (Å²) >= 11 is 0. The zero-order valence-electron chi connectivity index (χ0n) is 15.7. The lowest BCUT2D eigenvalue weighted by Crippen LogP contribution is -2.49. The van der Waals surface area contributed by atoms with E-state index in [1.165, 1.54) is 6.20 Å². The van der Waals surface area contributed by atoms with Crippen LogP contribution in [0.5, 0.6) is 0 Å². The van der Waals surface area contributed by atoms with Gasteiger partial charge in [0.15, 0.2) is 11.5 Å². The number of hydrogen-bond acceptors (Lipinski definition) is 7. The smallest absolute Gasteiger partial charge is 0.271 e. The Hall–Kier alpha value is -3.33. The van der Waals surface area contributed by atoms with Crippen molar-refractivity contribution >= 4 is 34.0 Å². The molecule has 1 saturated carbocycles. The predicted octanol–water partition coefficient (Wildman–Crippen LogP) is 2.50. The molecule has 1 amide bonds. The molecule has 6 N–H and O–H groups in total. The van der Waals surface area contributed by atoms with E-state index in [9.17, 15) is 9.18 Å². The van der Waals surface area contributed by atoms with E-state index in [1.807, 2.05) is 24.3 Å². The number of hydrogen-bond donors (Lipinski definition) is 4. The Balaban J connectivity index is 1.61. The van der Waals surface area contributed by atoms with Crippen molar-refractivity contribution in [1.29, 1.82) is 0 Å². The fourth-order valence-electron chi connectivity index (χ4n) is 3.55. The van der Waals surface area contributed by atoms with Crippen molar-refractivity contribution in [3.8, 4) is 0 Å². The van der Waals surface area contributed by atoms with Gasteiger partial charge in [0.25, 0.3) is 5.91 Å². The van der Waals surface area contributed by atoms with E-state index in [-0.39, 0.29) is 17.6 Å². The number of carbonyl (C=O) groups is 1. The zero-order valence-corrected chi connectivity index (χ0v) is 15.7. The number of nitrogens with zero attached hydrogens (tertiary/aromatic N) is 3. The fraction of sp³-hybridized carbons (Fsp3) is 0.300. The molecule has 150 valence electrons. The Kier molecular flexibility index (Phi) is 5.22. The van der Waals surface area contributed by atoms with Crippen molar-refractivity contribution in [3.63, 3.8) is 0 Å². The van der Waals surface area contributed by atoms with E-state index in [0.717, 1.165) is 29.3 Å². The van der Waals surface area contributed by atoms with E-state index >= 15 is 0 Å². The number of aromatic nitrogens is 3. The summed E-state index contributed by atoms with van der Waals surface area (Å²) in [6, 6.07) is 6.68. The van der Waals surface area contributed by atoms with Gasteiger partial charge in [0.2, 0.25) is 0 Å². The normalized spacial score (nSPS) is 21.7. The van der Waals surface area contributed by atoms with Crippen LogP contribution >= 0.6 is 0 Å². The second-order valence-electron chi connectivity index (χ2n) is 7.15. The van der Waals surface area contributed by atoms with E-state index in [0.29, 0.717) is 12.2 Å². The third-order valence-corrected chi connectivity index (χ3v) is 5.12. The number of fused-ring (bicyclic) bond motifs is 1. The summed E-state index contributed by atoms with van der Waals surface area (Å²) in [6.45, 7) is 0.